The molecule has 0 aliphatic heterocycles. The zero-order valence-electron chi connectivity index (χ0n) is 13.2. The van der Waals surface area contributed by atoms with Crippen LogP contribution in [-0.2, 0) is 11.3 Å². The number of hydrogen-bond acceptors (Lipinski definition) is 2. The van der Waals surface area contributed by atoms with Gasteiger partial charge in [-0.15, -0.1) is 11.8 Å². The molecule has 0 aliphatic rings. The molecule has 21 heavy (non-hydrogen) atoms. The first kappa shape index (κ1) is 17.8. The van der Waals surface area contributed by atoms with Gasteiger partial charge >= 0.3 is 0 Å². The second kappa shape index (κ2) is 12.4. The van der Waals surface area contributed by atoms with Crippen LogP contribution in [0.1, 0.15) is 57.4 Å². The maximum absolute atomic E-state index is 9.80. The predicted octanol–water partition coefficient (Wildman–Crippen LogP) is 4.32. The molecule has 0 radical (unpaired) electrons. The third-order valence-electron chi connectivity index (χ3n) is 3.32. The number of rotatable bonds is 10. The van der Waals surface area contributed by atoms with Crippen molar-refractivity contribution in [3.63, 3.8) is 0 Å². The van der Waals surface area contributed by atoms with E-state index in [0.29, 0.717) is 26.1 Å². The summed E-state index contributed by atoms with van der Waals surface area (Å²) in [5, 5.41) is 9.80. The van der Waals surface area contributed by atoms with Crippen LogP contribution < -0.4 is 0 Å². The highest BCUT2D eigenvalue weighted by Crippen LogP contribution is 2.04. The lowest BCUT2D eigenvalue weighted by Crippen LogP contribution is -2.09. The van der Waals surface area contributed by atoms with Crippen LogP contribution in [0, 0.1) is 11.8 Å². The van der Waals surface area contributed by atoms with Gasteiger partial charge in [0, 0.05) is 19.4 Å². The van der Waals surface area contributed by atoms with Crippen molar-refractivity contribution in [2.24, 2.45) is 0 Å². The van der Waals surface area contributed by atoms with Gasteiger partial charge in [-0.2, -0.15) is 0 Å². The largest absolute Gasteiger partial charge is 0.392 e. The van der Waals surface area contributed by atoms with Gasteiger partial charge in [-0.25, -0.2) is 0 Å². The van der Waals surface area contributed by atoms with E-state index in [0.717, 1.165) is 6.42 Å². The Morgan fingerprint density at radius 1 is 1.10 bits per heavy atom. The third kappa shape index (κ3) is 10.1. The van der Waals surface area contributed by atoms with E-state index in [2.05, 4.69) is 18.8 Å². The van der Waals surface area contributed by atoms with Crippen molar-refractivity contribution in [2.45, 2.75) is 64.6 Å². The lowest BCUT2D eigenvalue weighted by atomic mass is 10.1. The van der Waals surface area contributed by atoms with Gasteiger partial charge in [0.2, 0.25) is 0 Å². The van der Waals surface area contributed by atoms with Crippen LogP contribution in [0.4, 0.5) is 0 Å². The Hall–Kier alpha value is -1.30. The van der Waals surface area contributed by atoms with E-state index in [9.17, 15) is 5.11 Å². The SMILES string of the molecule is CCCCCCC#CC[C@@H](O)CCOCc1ccccc1. The van der Waals surface area contributed by atoms with Crippen molar-refractivity contribution in [2.75, 3.05) is 6.61 Å². The van der Waals surface area contributed by atoms with Gasteiger partial charge < -0.3 is 9.84 Å². The summed E-state index contributed by atoms with van der Waals surface area (Å²) in [4.78, 5) is 0. The summed E-state index contributed by atoms with van der Waals surface area (Å²) in [5.74, 6) is 6.21. The molecule has 0 aromatic heterocycles. The maximum Gasteiger partial charge on any atom is 0.0716 e. The van der Waals surface area contributed by atoms with Crippen molar-refractivity contribution in [1.29, 1.82) is 0 Å². The second-order valence-electron chi connectivity index (χ2n) is 5.35. The molecule has 1 atom stereocenters. The molecule has 1 N–H and O–H groups in total. The summed E-state index contributed by atoms with van der Waals surface area (Å²) in [6.45, 7) is 3.40. The van der Waals surface area contributed by atoms with Gasteiger partial charge in [-0.05, 0) is 18.4 Å². The summed E-state index contributed by atoms with van der Waals surface area (Å²) >= 11 is 0. The fraction of sp³-hybridized carbons (Fsp3) is 0.579. The Kier molecular flexibility index (Phi) is 10.5. The minimum absolute atomic E-state index is 0.371. The fourth-order valence-corrected chi connectivity index (χ4v) is 2.00. The molecule has 0 saturated heterocycles. The molecule has 2 heteroatoms. The quantitative estimate of drug-likeness (QED) is 0.513. The number of ether oxygens (including phenoxy) is 1. The monoisotopic (exact) mass is 288 g/mol. The molecule has 0 aliphatic carbocycles. The first-order valence-corrected chi connectivity index (χ1v) is 8.08. The molecule has 0 bridgehead atoms. The number of aliphatic hydroxyl groups is 1. The zero-order valence-corrected chi connectivity index (χ0v) is 13.2. The zero-order chi connectivity index (χ0) is 15.2. The van der Waals surface area contributed by atoms with Gasteiger partial charge in [0.05, 0.1) is 12.7 Å². The van der Waals surface area contributed by atoms with E-state index < -0.39 is 0 Å². The molecule has 0 amide bonds. The van der Waals surface area contributed by atoms with Gasteiger partial charge in [0.15, 0.2) is 0 Å². The van der Waals surface area contributed by atoms with E-state index in [1.165, 1.54) is 31.2 Å². The molecule has 2 nitrogen and oxygen atoms in total. The normalized spacial score (nSPS) is 11.7. The Morgan fingerprint density at radius 3 is 2.67 bits per heavy atom. The fourth-order valence-electron chi connectivity index (χ4n) is 2.00. The smallest absolute Gasteiger partial charge is 0.0716 e. The minimum Gasteiger partial charge on any atom is -0.392 e. The Bertz CT molecular complexity index is 403. The first-order chi connectivity index (χ1) is 10.3. The summed E-state index contributed by atoms with van der Waals surface area (Å²) < 4.78 is 5.55. The van der Waals surface area contributed by atoms with Gasteiger partial charge in [-0.1, -0.05) is 56.5 Å². The van der Waals surface area contributed by atoms with E-state index >= 15 is 0 Å². The lowest BCUT2D eigenvalue weighted by molar-refractivity contribution is 0.0753. The van der Waals surface area contributed by atoms with Gasteiger partial charge in [-0.3, -0.25) is 0 Å². The Balaban J connectivity index is 1.98. The van der Waals surface area contributed by atoms with E-state index in [4.69, 9.17) is 4.74 Å². The third-order valence-corrected chi connectivity index (χ3v) is 3.32. The second-order valence-corrected chi connectivity index (χ2v) is 5.35. The van der Waals surface area contributed by atoms with Crippen LogP contribution >= 0.6 is 0 Å². The molecule has 1 aromatic carbocycles. The van der Waals surface area contributed by atoms with Crippen molar-refractivity contribution in [3.05, 3.63) is 35.9 Å². The molecule has 116 valence electrons. The van der Waals surface area contributed by atoms with Gasteiger partial charge in [0.1, 0.15) is 0 Å². The highest BCUT2D eigenvalue weighted by atomic mass is 16.5. The van der Waals surface area contributed by atoms with Crippen LogP contribution in [0.25, 0.3) is 0 Å². The van der Waals surface area contributed by atoms with Crippen molar-refractivity contribution >= 4 is 0 Å². The highest BCUT2D eigenvalue weighted by molar-refractivity contribution is 5.13. The van der Waals surface area contributed by atoms with Gasteiger partial charge in [0.25, 0.3) is 0 Å². The van der Waals surface area contributed by atoms with Crippen LogP contribution in [-0.4, -0.2) is 17.8 Å². The molecule has 1 rings (SSSR count). The van der Waals surface area contributed by atoms with Crippen molar-refractivity contribution < 1.29 is 9.84 Å². The topological polar surface area (TPSA) is 29.5 Å². The maximum atomic E-state index is 9.80. The van der Waals surface area contributed by atoms with E-state index in [1.54, 1.807) is 0 Å². The Morgan fingerprint density at radius 2 is 1.90 bits per heavy atom. The van der Waals surface area contributed by atoms with Crippen LogP contribution in [0.3, 0.4) is 0 Å². The standard InChI is InChI=1S/C19H28O2/c1-2-3-4-5-6-7-11-14-19(20)15-16-21-17-18-12-9-8-10-13-18/h8-10,12-13,19-20H,2-6,14-17H2,1H3/t19-/m1/s1. The molecular formula is C19H28O2. The Labute approximate surface area is 129 Å². The van der Waals surface area contributed by atoms with Crippen molar-refractivity contribution in [3.8, 4) is 11.8 Å². The minimum atomic E-state index is -0.371. The molecule has 0 saturated carbocycles. The number of benzene rings is 1. The molecule has 0 unspecified atom stereocenters. The highest BCUT2D eigenvalue weighted by Gasteiger charge is 2.01. The average Bonchev–Trinajstić information content (AvgIpc) is 2.52. The number of aliphatic hydroxyl groups excluding tert-OH is 1. The summed E-state index contributed by atoms with van der Waals surface area (Å²) in [6, 6.07) is 10.1. The van der Waals surface area contributed by atoms with E-state index in [1.807, 2.05) is 30.3 Å². The number of hydrogen-bond donors (Lipinski definition) is 1. The number of unbranched alkanes of at least 4 members (excludes halogenated alkanes) is 4. The summed E-state index contributed by atoms with van der Waals surface area (Å²) in [6.07, 6.45) is 6.79. The van der Waals surface area contributed by atoms with Crippen LogP contribution in [0.5, 0.6) is 0 Å². The summed E-state index contributed by atoms with van der Waals surface area (Å²) in [7, 11) is 0. The molecule has 0 heterocycles. The molecule has 0 fully saturated rings. The van der Waals surface area contributed by atoms with Crippen LogP contribution in [0.15, 0.2) is 30.3 Å². The van der Waals surface area contributed by atoms with Crippen molar-refractivity contribution in [1.82, 2.24) is 0 Å². The molecule has 0 spiro atoms. The first-order valence-electron chi connectivity index (χ1n) is 8.08. The predicted molar refractivity (Wildman–Crippen MR) is 87.9 cm³/mol. The lowest BCUT2D eigenvalue weighted by Gasteiger charge is -2.07. The summed E-state index contributed by atoms with van der Waals surface area (Å²) in [5.41, 5.74) is 1.17. The average molecular weight is 288 g/mol. The van der Waals surface area contributed by atoms with Crippen LogP contribution in [0.2, 0.25) is 0 Å². The van der Waals surface area contributed by atoms with E-state index in [-0.39, 0.29) is 6.10 Å². The molecular weight excluding hydrogens is 260 g/mol. The molecule has 1 aromatic rings.